The minimum Gasteiger partial charge on any atom is -0.460 e. The zero-order valence-electron chi connectivity index (χ0n) is 16.6. The minimum absolute atomic E-state index is 0.0788. The maximum absolute atomic E-state index is 12.5. The second-order valence-electron chi connectivity index (χ2n) is 7.75. The van der Waals surface area contributed by atoms with Gasteiger partial charge in [0, 0.05) is 12.2 Å². The van der Waals surface area contributed by atoms with Crippen molar-refractivity contribution >= 4 is 11.7 Å². The molecule has 2 bridgehead atoms. The lowest BCUT2D eigenvalue weighted by molar-refractivity contribution is -0.160. The summed E-state index contributed by atoms with van der Waals surface area (Å²) in [5.41, 5.74) is 7.42. The van der Waals surface area contributed by atoms with Crippen molar-refractivity contribution in [2.45, 2.75) is 38.7 Å². The largest absolute Gasteiger partial charge is 0.460 e. The maximum atomic E-state index is 12.5. The number of esters is 1. The first-order chi connectivity index (χ1) is 13.4. The predicted molar refractivity (Wildman–Crippen MR) is 109 cm³/mol. The zero-order chi connectivity index (χ0) is 20.1. The molecular weight excluding hydrogens is 355 g/mol. The van der Waals surface area contributed by atoms with Crippen LogP contribution in [-0.4, -0.2) is 36.6 Å². The fourth-order valence-electron chi connectivity index (χ4n) is 3.78. The molecule has 28 heavy (non-hydrogen) atoms. The molecule has 0 radical (unpaired) electrons. The molecule has 0 amide bonds. The Morgan fingerprint density at radius 3 is 2.39 bits per heavy atom. The summed E-state index contributed by atoms with van der Waals surface area (Å²) in [6, 6.07) is 14.5. The van der Waals surface area contributed by atoms with Crippen molar-refractivity contribution in [1.82, 2.24) is 4.90 Å². The molecule has 150 valence electrons. The number of nitrogens with two attached hydrogens (primary N) is 1. The number of hydrogen-bond acceptors (Lipinski definition) is 4. The molecular formula is C23H29FN2O2. The Labute approximate surface area is 166 Å². The van der Waals surface area contributed by atoms with Gasteiger partial charge in [-0.2, -0.15) is 0 Å². The van der Waals surface area contributed by atoms with E-state index >= 15 is 0 Å². The number of aryl methyl sites for hydroxylation is 1. The molecule has 2 aromatic rings. The lowest BCUT2D eigenvalue weighted by atomic mass is 9.86. The standard InChI is InChI=1S/C16H21NO2.C7H8FN/c1-12(13-5-3-2-4-6-13)16(18)19-15-11-17-9-7-14(15)8-10-17;1-5-2-3-6(9)4-7(5)8/h2-6,12,14-15H,7-11H2,1H3;2-4H,9H2,1H3/t12?,15-;/m0./s1. The molecule has 3 aliphatic heterocycles. The van der Waals surface area contributed by atoms with Crippen molar-refractivity contribution in [2.24, 2.45) is 5.92 Å². The van der Waals surface area contributed by atoms with E-state index < -0.39 is 0 Å². The van der Waals surface area contributed by atoms with E-state index in [1.54, 1.807) is 19.1 Å². The van der Waals surface area contributed by atoms with Crippen LogP contribution in [0.4, 0.5) is 10.1 Å². The summed E-state index contributed by atoms with van der Waals surface area (Å²) in [6.45, 7) is 6.91. The molecule has 5 rings (SSSR count). The Morgan fingerprint density at radius 2 is 1.86 bits per heavy atom. The van der Waals surface area contributed by atoms with Crippen molar-refractivity contribution in [3.05, 3.63) is 65.5 Å². The molecule has 2 atom stereocenters. The van der Waals surface area contributed by atoms with Crippen molar-refractivity contribution in [1.29, 1.82) is 0 Å². The molecule has 1 unspecified atom stereocenters. The van der Waals surface area contributed by atoms with E-state index in [-0.39, 0.29) is 23.8 Å². The quantitative estimate of drug-likeness (QED) is 0.638. The van der Waals surface area contributed by atoms with Gasteiger partial charge in [-0.3, -0.25) is 9.69 Å². The van der Waals surface area contributed by atoms with Crippen LogP contribution in [0.5, 0.6) is 0 Å². The van der Waals surface area contributed by atoms with Crippen molar-refractivity contribution in [2.75, 3.05) is 25.4 Å². The third-order valence-corrected chi connectivity index (χ3v) is 5.71. The molecule has 5 heteroatoms. The molecule has 2 N–H and O–H groups in total. The van der Waals surface area contributed by atoms with Crippen LogP contribution in [0.1, 0.15) is 36.8 Å². The van der Waals surface area contributed by atoms with E-state index in [1.807, 2.05) is 37.3 Å². The fourth-order valence-corrected chi connectivity index (χ4v) is 3.78. The number of rotatable bonds is 3. The summed E-state index contributed by atoms with van der Waals surface area (Å²) < 4.78 is 18.3. The van der Waals surface area contributed by atoms with E-state index in [0.29, 0.717) is 17.2 Å². The van der Waals surface area contributed by atoms with Crippen molar-refractivity contribution in [3.8, 4) is 0 Å². The highest BCUT2D eigenvalue weighted by molar-refractivity contribution is 5.77. The van der Waals surface area contributed by atoms with Crippen molar-refractivity contribution < 1.29 is 13.9 Å². The van der Waals surface area contributed by atoms with Crippen LogP contribution in [0.15, 0.2) is 48.5 Å². The van der Waals surface area contributed by atoms with E-state index in [0.717, 1.165) is 12.1 Å². The van der Waals surface area contributed by atoms with E-state index in [4.69, 9.17) is 10.5 Å². The zero-order valence-corrected chi connectivity index (χ0v) is 16.6. The molecule has 3 aliphatic rings. The average Bonchev–Trinajstić information content (AvgIpc) is 2.72. The Morgan fingerprint density at radius 1 is 1.18 bits per heavy atom. The summed E-state index contributed by atoms with van der Waals surface area (Å²) in [6.07, 6.45) is 2.47. The van der Waals surface area contributed by atoms with Gasteiger partial charge in [0.2, 0.25) is 0 Å². The monoisotopic (exact) mass is 384 g/mol. The predicted octanol–water partition coefficient (Wildman–Crippen LogP) is 4.14. The third-order valence-electron chi connectivity index (χ3n) is 5.71. The first kappa shape index (κ1) is 20.3. The van der Waals surface area contributed by atoms with Gasteiger partial charge >= 0.3 is 5.97 Å². The van der Waals surface area contributed by atoms with Crippen LogP contribution in [0.25, 0.3) is 0 Å². The maximum Gasteiger partial charge on any atom is 0.313 e. The van der Waals surface area contributed by atoms with Crippen LogP contribution in [0.3, 0.4) is 0 Å². The highest BCUT2D eigenvalue weighted by Gasteiger charge is 2.37. The van der Waals surface area contributed by atoms with Crippen LogP contribution in [0, 0.1) is 18.7 Å². The van der Waals surface area contributed by atoms with Gasteiger partial charge in [0.15, 0.2) is 0 Å². The van der Waals surface area contributed by atoms with Gasteiger partial charge in [-0.25, -0.2) is 4.39 Å². The number of halogens is 1. The first-order valence-electron chi connectivity index (χ1n) is 9.93. The van der Waals surface area contributed by atoms with Crippen LogP contribution < -0.4 is 5.73 Å². The van der Waals surface area contributed by atoms with Crippen molar-refractivity contribution in [3.63, 3.8) is 0 Å². The number of carbonyl (C=O) groups excluding carboxylic acids is 1. The normalized spacial score (nSPS) is 24.0. The van der Waals surface area contributed by atoms with Gasteiger partial charge in [-0.05, 0) is 69.0 Å². The molecule has 0 saturated carbocycles. The molecule has 0 spiro atoms. The summed E-state index contributed by atoms with van der Waals surface area (Å²) >= 11 is 0. The molecule has 3 heterocycles. The second kappa shape index (κ2) is 9.20. The number of carbonyl (C=O) groups is 1. The number of ether oxygens (including phenoxy) is 1. The van der Waals surface area contributed by atoms with Gasteiger partial charge in [0.25, 0.3) is 0 Å². The van der Waals surface area contributed by atoms with E-state index in [9.17, 15) is 9.18 Å². The van der Waals surface area contributed by atoms with E-state index in [1.165, 1.54) is 32.0 Å². The van der Waals surface area contributed by atoms with Crippen LogP contribution in [-0.2, 0) is 9.53 Å². The number of piperidine rings is 3. The SMILES string of the molecule is CC(C(=O)O[C@H]1CN2CCC1CC2)c1ccccc1.Cc1ccc(N)cc1F. The summed E-state index contributed by atoms with van der Waals surface area (Å²) in [7, 11) is 0. The average molecular weight is 384 g/mol. The number of anilines is 1. The van der Waals surface area contributed by atoms with Gasteiger partial charge < -0.3 is 10.5 Å². The molecule has 4 nitrogen and oxygen atoms in total. The third kappa shape index (κ3) is 5.10. The van der Waals surface area contributed by atoms with Gasteiger partial charge in [0.1, 0.15) is 11.9 Å². The highest BCUT2D eigenvalue weighted by Crippen LogP contribution is 2.30. The number of nitrogens with zero attached hydrogens (tertiary/aromatic N) is 1. The summed E-state index contributed by atoms with van der Waals surface area (Å²) in [5, 5.41) is 0. The van der Waals surface area contributed by atoms with Gasteiger partial charge in [0.05, 0.1) is 5.92 Å². The van der Waals surface area contributed by atoms with Gasteiger partial charge in [-0.1, -0.05) is 36.4 Å². The molecule has 0 aromatic heterocycles. The lowest BCUT2D eigenvalue weighted by Gasteiger charge is -2.44. The van der Waals surface area contributed by atoms with Crippen LogP contribution >= 0.6 is 0 Å². The summed E-state index contributed by atoms with van der Waals surface area (Å²) in [4.78, 5) is 14.7. The molecule has 3 fully saturated rings. The highest BCUT2D eigenvalue weighted by atomic mass is 19.1. The molecule has 2 aromatic carbocycles. The van der Waals surface area contributed by atoms with E-state index in [2.05, 4.69) is 4.90 Å². The Hall–Kier alpha value is -2.40. The fraction of sp³-hybridized carbons (Fsp3) is 0.435. The smallest absolute Gasteiger partial charge is 0.313 e. The van der Waals surface area contributed by atoms with Gasteiger partial charge in [-0.15, -0.1) is 0 Å². The Bertz CT molecular complexity index is 788. The number of nitrogen functional groups attached to an aromatic ring is 1. The second-order valence-corrected chi connectivity index (χ2v) is 7.75. The topological polar surface area (TPSA) is 55.6 Å². The summed E-state index contributed by atoms with van der Waals surface area (Å²) in [5.74, 6) is 0.0912. The number of benzene rings is 2. The molecule has 0 aliphatic carbocycles. The molecule has 3 saturated heterocycles. The lowest BCUT2D eigenvalue weighted by Crippen LogP contribution is -2.52. The van der Waals surface area contributed by atoms with Crippen LogP contribution in [0.2, 0.25) is 0 Å². The number of hydrogen-bond donors (Lipinski definition) is 1. The number of fused-ring (bicyclic) bond motifs is 3. The Kier molecular flexibility index (Phi) is 6.68. The Balaban J connectivity index is 0.000000211. The first-order valence-corrected chi connectivity index (χ1v) is 9.93. The minimum atomic E-state index is -0.241.